The first kappa shape index (κ1) is 18.5. The molecule has 1 aliphatic carbocycles. The van der Waals surface area contributed by atoms with E-state index in [0.29, 0.717) is 43.0 Å². The summed E-state index contributed by atoms with van der Waals surface area (Å²) < 4.78 is 28.1. The standard InChI is InChI=1S/C18H20ClF2N7O/c1-26-9-12(3-23-26)24-17-22-4-14(19)15(25-17)27-5-10-7-28(8-11(10)6-27)16(29)13-2-18(13,20)21/h3-4,9-11,13H,2,5-8H2,1H3,(H,22,24,25)/t10-,11+,13-/m0/s1. The lowest BCUT2D eigenvalue weighted by Crippen LogP contribution is -2.35. The van der Waals surface area contributed by atoms with Crippen LogP contribution in [0.3, 0.4) is 0 Å². The van der Waals surface area contributed by atoms with Crippen molar-refractivity contribution >= 4 is 35.0 Å². The van der Waals surface area contributed by atoms with Crippen LogP contribution in [0.5, 0.6) is 0 Å². The Morgan fingerprint density at radius 3 is 2.52 bits per heavy atom. The molecule has 3 fully saturated rings. The molecule has 0 radical (unpaired) electrons. The number of aryl methyl sites for hydroxylation is 1. The monoisotopic (exact) mass is 423 g/mol. The van der Waals surface area contributed by atoms with E-state index in [1.54, 1.807) is 22.0 Å². The summed E-state index contributed by atoms with van der Waals surface area (Å²) in [5.74, 6) is -2.82. The average molecular weight is 424 g/mol. The number of anilines is 3. The van der Waals surface area contributed by atoms with Crippen LogP contribution >= 0.6 is 11.6 Å². The number of halogens is 3. The number of carbonyl (C=O) groups is 1. The van der Waals surface area contributed by atoms with Gasteiger partial charge in [0.05, 0.1) is 18.1 Å². The van der Waals surface area contributed by atoms with Gasteiger partial charge in [-0.05, 0) is 0 Å². The van der Waals surface area contributed by atoms with Gasteiger partial charge in [-0.15, -0.1) is 0 Å². The maximum atomic E-state index is 13.2. The second-order valence-corrected chi connectivity index (χ2v) is 8.49. The highest BCUT2D eigenvalue weighted by Crippen LogP contribution is 2.50. The molecule has 0 aromatic carbocycles. The van der Waals surface area contributed by atoms with Gasteiger partial charge in [-0.2, -0.15) is 10.1 Å². The van der Waals surface area contributed by atoms with Gasteiger partial charge in [0.1, 0.15) is 10.9 Å². The first-order valence-corrected chi connectivity index (χ1v) is 9.88. The van der Waals surface area contributed by atoms with E-state index in [0.717, 1.165) is 5.69 Å². The molecule has 2 aromatic heterocycles. The molecule has 1 N–H and O–H groups in total. The van der Waals surface area contributed by atoms with Gasteiger partial charge in [-0.1, -0.05) is 11.6 Å². The Balaban J connectivity index is 1.26. The fourth-order valence-corrected chi connectivity index (χ4v) is 4.51. The SMILES string of the molecule is Cn1cc(Nc2ncc(Cl)c(N3C[C@H]4CN(C(=O)[C@@H]5CC5(F)F)C[C@H]4C3)n2)cn1. The third-order valence-electron chi connectivity index (χ3n) is 5.91. The molecule has 154 valence electrons. The van der Waals surface area contributed by atoms with Crippen molar-refractivity contribution in [1.82, 2.24) is 24.6 Å². The van der Waals surface area contributed by atoms with Crippen LogP contribution in [0.25, 0.3) is 0 Å². The zero-order chi connectivity index (χ0) is 20.3. The number of amides is 1. The number of likely N-dealkylation sites (tertiary alicyclic amines) is 1. The van der Waals surface area contributed by atoms with Crippen LogP contribution in [0.1, 0.15) is 6.42 Å². The molecule has 4 heterocycles. The number of aromatic nitrogens is 4. The zero-order valence-corrected chi connectivity index (χ0v) is 16.5. The van der Waals surface area contributed by atoms with Crippen LogP contribution in [0, 0.1) is 17.8 Å². The first-order chi connectivity index (χ1) is 13.8. The highest BCUT2D eigenvalue weighted by molar-refractivity contribution is 6.32. The maximum absolute atomic E-state index is 13.2. The lowest BCUT2D eigenvalue weighted by molar-refractivity contribution is -0.134. The van der Waals surface area contributed by atoms with Crippen molar-refractivity contribution in [3.63, 3.8) is 0 Å². The molecule has 1 amide bonds. The lowest BCUT2D eigenvalue weighted by Gasteiger charge is -2.23. The quantitative estimate of drug-likeness (QED) is 0.811. The molecule has 2 saturated heterocycles. The van der Waals surface area contributed by atoms with E-state index in [2.05, 4.69) is 25.3 Å². The summed E-state index contributed by atoms with van der Waals surface area (Å²) >= 11 is 6.34. The van der Waals surface area contributed by atoms with E-state index in [-0.39, 0.29) is 18.3 Å². The highest BCUT2D eigenvalue weighted by Gasteiger charge is 2.63. The molecule has 0 bridgehead atoms. The summed E-state index contributed by atoms with van der Waals surface area (Å²) in [6, 6.07) is 0. The lowest BCUT2D eigenvalue weighted by atomic mass is 10.0. The van der Waals surface area contributed by atoms with E-state index >= 15 is 0 Å². The van der Waals surface area contributed by atoms with Crippen LogP contribution in [0.15, 0.2) is 18.6 Å². The second-order valence-electron chi connectivity index (χ2n) is 8.08. The molecule has 11 heteroatoms. The second kappa shape index (κ2) is 6.51. The molecule has 3 aliphatic rings. The molecule has 2 aromatic rings. The van der Waals surface area contributed by atoms with E-state index in [1.165, 1.54) is 0 Å². The fraction of sp³-hybridized carbons (Fsp3) is 0.556. The molecular formula is C18H20ClF2N7O. The van der Waals surface area contributed by atoms with Gasteiger partial charge in [0, 0.05) is 57.7 Å². The van der Waals surface area contributed by atoms with Gasteiger partial charge < -0.3 is 15.1 Å². The van der Waals surface area contributed by atoms with E-state index in [1.807, 2.05) is 13.2 Å². The van der Waals surface area contributed by atoms with Gasteiger partial charge in [0.15, 0.2) is 5.82 Å². The maximum Gasteiger partial charge on any atom is 0.260 e. The van der Waals surface area contributed by atoms with E-state index in [9.17, 15) is 13.6 Å². The van der Waals surface area contributed by atoms with Crippen molar-refractivity contribution in [1.29, 1.82) is 0 Å². The van der Waals surface area contributed by atoms with Crippen LogP contribution < -0.4 is 10.2 Å². The molecule has 0 unspecified atom stereocenters. The Kier molecular flexibility index (Phi) is 4.16. The Hall–Kier alpha value is -2.49. The van der Waals surface area contributed by atoms with Crippen LogP contribution in [0.2, 0.25) is 5.02 Å². The molecule has 8 nitrogen and oxygen atoms in total. The van der Waals surface area contributed by atoms with Crippen LogP contribution in [0.4, 0.5) is 26.2 Å². The van der Waals surface area contributed by atoms with E-state index in [4.69, 9.17) is 11.6 Å². The third kappa shape index (κ3) is 3.39. The van der Waals surface area contributed by atoms with Crippen LogP contribution in [-0.2, 0) is 11.8 Å². The number of carbonyl (C=O) groups excluding carboxylic acids is 1. The average Bonchev–Trinajstić information content (AvgIpc) is 3.05. The van der Waals surface area contributed by atoms with Crippen molar-refractivity contribution < 1.29 is 13.6 Å². The van der Waals surface area contributed by atoms with E-state index < -0.39 is 17.7 Å². The number of nitrogens with zero attached hydrogens (tertiary/aromatic N) is 6. The molecule has 1 saturated carbocycles. The minimum absolute atomic E-state index is 0.229. The summed E-state index contributed by atoms with van der Waals surface area (Å²) in [6.45, 7) is 2.38. The number of nitrogens with one attached hydrogen (secondary N) is 1. The number of hydrogen-bond acceptors (Lipinski definition) is 6. The van der Waals surface area contributed by atoms with Crippen molar-refractivity contribution in [3.05, 3.63) is 23.6 Å². The van der Waals surface area contributed by atoms with Gasteiger partial charge in [-0.3, -0.25) is 9.48 Å². The Morgan fingerprint density at radius 2 is 1.93 bits per heavy atom. The molecule has 0 spiro atoms. The summed E-state index contributed by atoms with van der Waals surface area (Å²) in [4.78, 5) is 24.7. The molecular weight excluding hydrogens is 404 g/mol. The van der Waals surface area contributed by atoms with Crippen molar-refractivity contribution in [2.45, 2.75) is 12.3 Å². The number of fused-ring (bicyclic) bond motifs is 1. The third-order valence-corrected chi connectivity index (χ3v) is 6.17. The predicted octanol–water partition coefficient (Wildman–Crippen LogP) is 2.16. The largest absolute Gasteiger partial charge is 0.354 e. The van der Waals surface area contributed by atoms with Gasteiger partial charge in [-0.25, -0.2) is 13.8 Å². The summed E-state index contributed by atoms with van der Waals surface area (Å²) in [5, 5.41) is 7.65. The van der Waals surface area contributed by atoms with Crippen molar-refractivity contribution in [2.24, 2.45) is 24.8 Å². The topological polar surface area (TPSA) is 79.2 Å². The number of hydrogen-bond donors (Lipinski definition) is 1. The first-order valence-electron chi connectivity index (χ1n) is 9.50. The molecule has 29 heavy (non-hydrogen) atoms. The van der Waals surface area contributed by atoms with Crippen molar-refractivity contribution in [2.75, 3.05) is 36.4 Å². The summed E-state index contributed by atoms with van der Waals surface area (Å²) in [7, 11) is 1.82. The minimum Gasteiger partial charge on any atom is -0.354 e. The molecule has 5 rings (SSSR count). The molecule has 3 atom stereocenters. The van der Waals surface area contributed by atoms with Crippen LogP contribution in [-0.4, -0.2) is 62.7 Å². The van der Waals surface area contributed by atoms with Gasteiger partial charge in [0.25, 0.3) is 5.92 Å². The summed E-state index contributed by atoms with van der Waals surface area (Å²) in [6.07, 6.45) is 4.73. The Morgan fingerprint density at radius 1 is 1.24 bits per heavy atom. The predicted molar refractivity (Wildman–Crippen MR) is 102 cm³/mol. The van der Waals surface area contributed by atoms with Crippen molar-refractivity contribution in [3.8, 4) is 0 Å². The Bertz CT molecular complexity index is 953. The Labute approximate surface area is 170 Å². The smallest absolute Gasteiger partial charge is 0.260 e. The number of rotatable bonds is 4. The normalized spacial score (nSPS) is 27.2. The van der Waals surface area contributed by atoms with Gasteiger partial charge >= 0.3 is 0 Å². The fourth-order valence-electron chi connectivity index (χ4n) is 4.30. The summed E-state index contributed by atoms with van der Waals surface area (Å²) in [5.41, 5.74) is 0.769. The van der Waals surface area contributed by atoms with Gasteiger partial charge in [0.2, 0.25) is 11.9 Å². The highest BCUT2D eigenvalue weighted by atomic mass is 35.5. The minimum atomic E-state index is -2.81. The number of alkyl halides is 2. The molecule has 2 aliphatic heterocycles. The zero-order valence-electron chi connectivity index (χ0n) is 15.7.